The molecule has 0 aromatic carbocycles. The first-order valence-electron chi connectivity index (χ1n) is 4.84. The first kappa shape index (κ1) is 13.8. The topological polar surface area (TPSA) is 106 Å². The molecular formula is C10H14N2O4S. The summed E-state index contributed by atoms with van der Waals surface area (Å²) >= 11 is 1.22. The van der Waals surface area contributed by atoms with Crippen LogP contribution in [-0.2, 0) is 4.74 Å². The molecule has 4 N–H and O–H groups in total. The number of thioether (sulfide) groups is 1. The van der Waals surface area contributed by atoms with Crippen molar-refractivity contribution in [3.05, 3.63) is 17.8 Å². The Labute approximate surface area is 103 Å². The van der Waals surface area contributed by atoms with Gasteiger partial charge in [0.05, 0.1) is 42.3 Å². The van der Waals surface area contributed by atoms with Crippen LogP contribution in [0.5, 0.6) is 0 Å². The number of anilines is 1. The highest BCUT2D eigenvalue weighted by molar-refractivity contribution is 7.99. The molecule has 1 aromatic rings. The Morgan fingerprint density at radius 1 is 1.71 bits per heavy atom. The highest BCUT2D eigenvalue weighted by Gasteiger charge is 2.12. The van der Waals surface area contributed by atoms with Gasteiger partial charge in [0.15, 0.2) is 0 Å². The summed E-state index contributed by atoms with van der Waals surface area (Å²) in [6.45, 7) is -0.314. The summed E-state index contributed by atoms with van der Waals surface area (Å²) in [6.07, 6.45) is 0.542. The largest absolute Gasteiger partial charge is 0.465 e. The van der Waals surface area contributed by atoms with Gasteiger partial charge in [0.2, 0.25) is 0 Å². The van der Waals surface area contributed by atoms with Gasteiger partial charge >= 0.3 is 5.97 Å². The van der Waals surface area contributed by atoms with Crippen LogP contribution < -0.4 is 5.73 Å². The number of hydrogen-bond acceptors (Lipinski definition) is 7. The van der Waals surface area contributed by atoms with Crippen molar-refractivity contribution in [1.82, 2.24) is 4.98 Å². The predicted molar refractivity (Wildman–Crippen MR) is 63.8 cm³/mol. The van der Waals surface area contributed by atoms with Gasteiger partial charge in [-0.1, -0.05) is 0 Å². The van der Waals surface area contributed by atoms with Crippen LogP contribution >= 0.6 is 11.8 Å². The predicted octanol–water partition coefficient (Wildman–Crippen LogP) is -0.104. The van der Waals surface area contributed by atoms with Crippen LogP contribution in [0.1, 0.15) is 10.4 Å². The van der Waals surface area contributed by atoms with Crippen LogP contribution in [0.4, 0.5) is 5.69 Å². The molecule has 0 amide bonds. The van der Waals surface area contributed by atoms with Gasteiger partial charge in [-0.2, -0.15) is 0 Å². The van der Waals surface area contributed by atoms with Gasteiger partial charge in [-0.3, -0.25) is 0 Å². The second-order valence-electron chi connectivity index (χ2n) is 3.25. The summed E-state index contributed by atoms with van der Waals surface area (Å²) in [7, 11) is 1.27. The maximum absolute atomic E-state index is 11.4. The number of carbonyl (C=O) groups is 1. The minimum absolute atomic E-state index is 0.239. The van der Waals surface area contributed by atoms with Gasteiger partial charge in [-0.25, -0.2) is 9.78 Å². The van der Waals surface area contributed by atoms with E-state index in [2.05, 4.69) is 9.72 Å². The van der Waals surface area contributed by atoms with E-state index < -0.39 is 12.1 Å². The molecule has 0 bridgehead atoms. The summed E-state index contributed by atoms with van der Waals surface area (Å²) in [5, 5.41) is 18.4. The van der Waals surface area contributed by atoms with Crippen molar-refractivity contribution in [1.29, 1.82) is 0 Å². The van der Waals surface area contributed by atoms with Gasteiger partial charge < -0.3 is 20.7 Å². The lowest BCUT2D eigenvalue weighted by Gasteiger charge is -2.08. The number of carbonyl (C=O) groups excluding carboxylic acids is 1. The van der Waals surface area contributed by atoms with Gasteiger partial charge in [0.25, 0.3) is 0 Å². The minimum atomic E-state index is -0.819. The fourth-order valence-electron chi connectivity index (χ4n) is 1.05. The van der Waals surface area contributed by atoms with Crippen LogP contribution in [0.25, 0.3) is 0 Å². The number of ether oxygens (including phenoxy) is 1. The molecule has 94 valence electrons. The first-order valence-corrected chi connectivity index (χ1v) is 5.82. The number of aliphatic hydroxyl groups is 2. The van der Waals surface area contributed by atoms with E-state index in [0.717, 1.165) is 0 Å². The lowest BCUT2D eigenvalue weighted by atomic mass is 10.2. The molecule has 0 radical (unpaired) electrons. The molecule has 0 aliphatic carbocycles. The zero-order valence-corrected chi connectivity index (χ0v) is 10.1. The molecule has 0 aliphatic heterocycles. The standard InChI is InChI=1S/C10H14N2O4S/c1-16-10(15)7-2-9(12-3-8(7)11)17-5-6(14)4-13/h2-3,6,13-14H,4-5,11H2,1H3. The van der Waals surface area contributed by atoms with Gasteiger partial charge in [0.1, 0.15) is 0 Å². The van der Waals surface area contributed by atoms with Crippen molar-refractivity contribution >= 4 is 23.4 Å². The lowest BCUT2D eigenvalue weighted by Crippen LogP contribution is -2.14. The Morgan fingerprint density at radius 2 is 2.41 bits per heavy atom. The molecule has 7 heteroatoms. The number of nitrogen functional groups attached to an aromatic ring is 1. The van der Waals surface area contributed by atoms with Gasteiger partial charge in [-0.05, 0) is 6.07 Å². The van der Waals surface area contributed by atoms with Crippen LogP contribution in [0.2, 0.25) is 0 Å². The number of pyridine rings is 1. The van der Waals surface area contributed by atoms with E-state index in [4.69, 9.17) is 10.8 Å². The van der Waals surface area contributed by atoms with Crippen molar-refractivity contribution in [2.45, 2.75) is 11.1 Å². The fraction of sp³-hybridized carbons (Fsp3) is 0.400. The molecule has 0 fully saturated rings. The van der Waals surface area contributed by atoms with Crippen LogP contribution in [-0.4, -0.2) is 46.7 Å². The van der Waals surface area contributed by atoms with E-state index in [9.17, 15) is 9.90 Å². The summed E-state index contributed by atoms with van der Waals surface area (Å²) in [5.74, 6) is -0.247. The highest BCUT2D eigenvalue weighted by atomic mass is 32.2. The zero-order valence-electron chi connectivity index (χ0n) is 9.29. The Morgan fingerprint density at radius 3 is 3.00 bits per heavy atom. The SMILES string of the molecule is COC(=O)c1cc(SCC(O)CO)ncc1N. The second-order valence-corrected chi connectivity index (χ2v) is 4.29. The van der Waals surface area contributed by atoms with Crippen LogP contribution in [0.15, 0.2) is 17.3 Å². The van der Waals surface area contributed by atoms with E-state index in [0.29, 0.717) is 5.03 Å². The Hall–Kier alpha value is -1.31. The minimum Gasteiger partial charge on any atom is -0.465 e. The number of aromatic nitrogens is 1. The summed E-state index contributed by atoms with van der Waals surface area (Å²) < 4.78 is 4.57. The molecule has 0 aliphatic rings. The number of rotatable bonds is 5. The number of nitrogens with two attached hydrogens (primary N) is 1. The number of esters is 1. The third kappa shape index (κ3) is 3.88. The summed E-state index contributed by atoms with van der Waals surface area (Å²) in [6, 6.07) is 1.50. The average molecular weight is 258 g/mol. The molecule has 1 heterocycles. The number of aliphatic hydroxyl groups excluding tert-OH is 2. The first-order chi connectivity index (χ1) is 8.08. The fourth-order valence-corrected chi connectivity index (χ4v) is 1.84. The lowest BCUT2D eigenvalue weighted by molar-refractivity contribution is 0.0601. The molecular weight excluding hydrogens is 244 g/mol. The maximum Gasteiger partial charge on any atom is 0.340 e. The smallest absolute Gasteiger partial charge is 0.340 e. The molecule has 1 atom stereocenters. The number of nitrogens with zero attached hydrogens (tertiary/aromatic N) is 1. The van der Waals surface area contributed by atoms with E-state index in [1.165, 1.54) is 31.1 Å². The van der Waals surface area contributed by atoms with Gasteiger partial charge in [0, 0.05) is 5.75 Å². The van der Waals surface area contributed by atoms with Crippen molar-refractivity contribution in [3.63, 3.8) is 0 Å². The Kier molecular flexibility index (Phi) is 5.20. The zero-order chi connectivity index (χ0) is 12.8. The van der Waals surface area contributed by atoms with Gasteiger partial charge in [-0.15, -0.1) is 11.8 Å². The number of hydrogen-bond donors (Lipinski definition) is 3. The normalized spacial score (nSPS) is 12.2. The van der Waals surface area contributed by atoms with Crippen molar-refractivity contribution < 1.29 is 19.7 Å². The maximum atomic E-state index is 11.4. The molecule has 0 spiro atoms. The molecule has 0 saturated heterocycles. The van der Waals surface area contributed by atoms with Crippen molar-refractivity contribution in [2.75, 3.05) is 25.2 Å². The van der Waals surface area contributed by atoms with Crippen molar-refractivity contribution in [3.8, 4) is 0 Å². The second kappa shape index (κ2) is 6.43. The molecule has 1 rings (SSSR count). The molecule has 6 nitrogen and oxygen atoms in total. The monoisotopic (exact) mass is 258 g/mol. The van der Waals surface area contributed by atoms with E-state index >= 15 is 0 Å². The van der Waals surface area contributed by atoms with Crippen LogP contribution in [0.3, 0.4) is 0 Å². The third-order valence-electron chi connectivity index (χ3n) is 1.95. The quantitative estimate of drug-likeness (QED) is 0.500. The Balaban J connectivity index is 2.78. The van der Waals surface area contributed by atoms with E-state index in [-0.39, 0.29) is 23.6 Å². The average Bonchev–Trinajstić information content (AvgIpc) is 2.36. The summed E-state index contributed by atoms with van der Waals surface area (Å²) in [4.78, 5) is 15.4. The highest BCUT2D eigenvalue weighted by Crippen LogP contribution is 2.21. The number of methoxy groups -OCH3 is 1. The third-order valence-corrected chi connectivity index (χ3v) is 3.02. The molecule has 0 saturated carbocycles. The molecule has 17 heavy (non-hydrogen) atoms. The summed E-state index contributed by atoms with van der Waals surface area (Å²) in [5.41, 5.74) is 6.07. The van der Waals surface area contributed by atoms with E-state index in [1.54, 1.807) is 0 Å². The molecule has 1 aromatic heterocycles. The van der Waals surface area contributed by atoms with Crippen molar-refractivity contribution in [2.24, 2.45) is 0 Å². The van der Waals surface area contributed by atoms with E-state index in [1.807, 2.05) is 0 Å². The molecule has 1 unspecified atom stereocenters. The Bertz CT molecular complexity index is 400. The van der Waals surface area contributed by atoms with Crippen LogP contribution in [0, 0.1) is 0 Å².